The second kappa shape index (κ2) is 11.8. The molecule has 0 aliphatic carbocycles. The van der Waals surface area contributed by atoms with E-state index in [4.69, 9.17) is 10.5 Å². The summed E-state index contributed by atoms with van der Waals surface area (Å²) in [5.74, 6) is 0.203. The number of para-hydroxylation sites is 1. The lowest BCUT2D eigenvalue weighted by Gasteiger charge is -2.16. The molecule has 0 bridgehead atoms. The molecule has 0 radical (unpaired) electrons. The number of rotatable bonds is 10. The number of ether oxygens (including phenoxy) is 1. The highest BCUT2D eigenvalue weighted by Crippen LogP contribution is 2.18. The summed E-state index contributed by atoms with van der Waals surface area (Å²) in [6, 6.07) is 7.38. The number of carbonyl (C=O) groups excluding carboxylic acids is 1. The van der Waals surface area contributed by atoms with Crippen LogP contribution in [0, 0.1) is 0 Å². The molecule has 3 N–H and O–H groups in total. The first-order chi connectivity index (χ1) is 15.1. The number of nitrogens with one attached hydrogen (secondary N) is 1. The average Bonchev–Trinajstić information content (AvgIpc) is 3.38. The molecule has 32 heavy (non-hydrogen) atoms. The molecule has 172 valence electrons. The Kier molecular flexibility index (Phi) is 9.10. The monoisotopic (exact) mass is 463 g/mol. The zero-order chi connectivity index (χ0) is 22.2. The Hall–Kier alpha value is -3.51. The molecule has 0 spiro atoms. The molecular weight excluding hydrogens is 438 g/mol. The summed E-state index contributed by atoms with van der Waals surface area (Å²) in [6.45, 7) is 8.43. The number of benzene rings is 1. The minimum absolute atomic E-state index is 0. The van der Waals surface area contributed by atoms with Gasteiger partial charge < -0.3 is 10.5 Å². The molecule has 0 unspecified atom stereocenters. The smallest absolute Gasteiger partial charge is 0.292 e. The lowest BCUT2D eigenvalue weighted by molar-refractivity contribution is 0.0945. The Balaban J connectivity index is 0.00000363. The molecule has 0 fully saturated rings. The Morgan fingerprint density at radius 2 is 2.03 bits per heavy atom. The number of hydrazone groups is 1. The van der Waals surface area contributed by atoms with E-state index < -0.39 is 5.91 Å². The molecule has 2 aromatic heterocycles. The molecule has 1 aromatic carbocycles. The second-order valence-electron chi connectivity index (χ2n) is 6.40. The SMILES string of the molecule is CCOc1ccccc1/C=N/NC(=O)c1c(CN(CC)CC)nnn1-c1nonc1N.Cl. The van der Waals surface area contributed by atoms with Crippen molar-refractivity contribution in [3.63, 3.8) is 0 Å². The highest BCUT2D eigenvalue weighted by molar-refractivity contribution is 5.95. The first-order valence-electron chi connectivity index (χ1n) is 9.89. The summed E-state index contributed by atoms with van der Waals surface area (Å²) < 4.78 is 11.4. The van der Waals surface area contributed by atoms with Gasteiger partial charge in [-0.2, -0.15) is 9.78 Å². The highest BCUT2D eigenvalue weighted by Gasteiger charge is 2.25. The lowest BCUT2D eigenvalue weighted by Crippen LogP contribution is -2.27. The van der Waals surface area contributed by atoms with Crippen molar-refractivity contribution in [1.82, 2.24) is 35.6 Å². The zero-order valence-electron chi connectivity index (χ0n) is 18.1. The fourth-order valence-corrected chi connectivity index (χ4v) is 2.88. The molecule has 0 atom stereocenters. The number of hydrogen-bond acceptors (Lipinski definition) is 10. The first kappa shape index (κ1) is 24.8. The van der Waals surface area contributed by atoms with Gasteiger partial charge in [0.15, 0.2) is 5.69 Å². The van der Waals surface area contributed by atoms with Gasteiger partial charge in [-0.25, -0.2) is 10.1 Å². The standard InChI is InChI=1S/C19H25N9O3.ClH/c1-4-27(5-2)12-14-16(28(26-22-14)18-17(20)24-31-25-18)19(29)23-21-11-13-9-7-8-10-15(13)30-6-3;/h7-11H,4-6,12H2,1-3H3,(H2,20,24)(H,23,29);1H/b21-11+;. The van der Waals surface area contributed by atoms with Crippen LogP contribution in [0.1, 0.15) is 42.5 Å². The van der Waals surface area contributed by atoms with Gasteiger partial charge in [0.1, 0.15) is 11.4 Å². The van der Waals surface area contributed by atoms with Crippen LogP contribution in [0.3, 0.4) is 0 Å². The van der Waals surface area contributed by atoms with Crippen LogP contribution in [0.25, 0.3) is 5.82 Å². The van der Waals surface area contributed by atoms with E-state index in [1.807, 2.05) is 45.0 Å². The van der Waals surface area contributed by atoms with Crippen LogP contribution in [0.15, 0.2) is 34.0 Å². The number of nitrogens with two attached hydrogens (primary N) is 1. The number of nitrogens with zero attached hydrogens (tertiary/aromatic N) is 7. The maximum atomic E-state index is 13.0. The van der Waals surface area contributed by atoms with E-state index in [0.717, 1.165) is 18.7 Å². The lowest BCUT2D eigenvalue weighted by atomic mass is 10.2. The summed E-state index contributed by atoms with van der Waals surface area (Å²) in [7, 11) is 0. The van der Waals surface area contributed by atoms with E-state index in [1.165, 1.54) is 10.9 Å². The third-order valence-corrected chi connectivity index (χ3v) is 4.51. The number of nitrogen functional groups attached to an aromatic ring is 1. The van der Waals surface area contributed by atoms with E-state index >= 15 is 0 Å². The Labute approximate surface area is 191 Å². The molecule has 3 rings (SSSR count). The molecule has 3 aromatic rings. The normalized spacial score (nSPS) is 11.0. The molecule has 0 aliphatic heterocycles. The molecular formula is C19H26ClN9O3. The van der Waals surface area contributed by atoms with Gasteiger partial charge >= 0.3 is 0 Å². The van der Waals surface area contributed by atoms with Crippen molar-refractivity contribution in [2.45, 2.75) is 27.3 Å². The van der Waals surface area contributed by atoms with Gasteiger partial charge in [0.25, 0.3) is 5.91 Å². The van der Waals surface area contributed by atoms with E-state index in [1.54, 1.807) is 0 Å². The third kappa shape index (κ3) is 5.59. The third-order valence-electron chi connectivity index (χ3n) is 4.51. The summed E-state index contributed by atoms with van der Waals surface area (Å²) in [5, 5.41) is 19.5. The van der Waals surface area contributed by atoms with E-state index in [9.17, 15) is 4.79 Å². The van der Waals surface area contributed by atoms with Gasteiger partial charge in [-0.05, 0) is 42.5 Å². The van der Waals surface area contributed by atoms with Crippen LogP contribution < -0.4 is 15.9 Å². The molecule has 0 aliphatic rings. The average molecular weight is 464 g/mol. The number of anilines is 1. The molecule has 0 saturated carbocycles. The number of carbonyl (C=O) groups is 1. The minimum Gasteiger partial charge on any atom is -0.493 e. The number of halogens is 1. The maximum absolute atomic E-state index is 13.0. The van der Waals surface area contributed by atoms with Crippen molar-refractivity contribution in [3.8, 4) is 11.6 Å². The Morgan fingerprint density at radius 3 is 2.69 bits per heavy atom. The van der Waals surface area contributed by atoms with E-state index in [-0.39, 0.29) is 29.7 Å². The molecule has 2 heterocycles. The van der Waals surface area contributed by atoms with Crippen molar-refractivity contribution < 1.29 is 14.2 Å². The summed E-state index contributed by atoms with van der Waals surface area (Å²) in [4.78, 5) is 15.1. The van der Waals surface area contributed by atoms with Crippen LogP contribution in [0.5, 0.6) is 5.75 Å². The van der Waals surface area contributed by atoms with Crippen LogP contribution in [0.2, 0.25) is 0 Å². The van der Waals surface area contributed by atoms with Crippen LogP contribution in [-0.4, -0.2) is 62.0 Å². The number of amides is 1. The van der Waals surface area contributed by atoms with Crippen molar-refractivity contribution in [2.24, 2.45) is 5.10 Å². The molecule has 1 amide bonds. The quantitative estimate of drug-likeness (QED) is 0.338. The van der Waals surface area contributed by atoms with Crippen molar-refractivity contribution in [3.05, 3.63) is 41.2 Å². The largest absolute Gasteiger partial charge is 0.493 e. The van der Waals surface area contributed by atoms with Crippen molar-refractivity contribution >= 4 is 30.3 Å². The first-order valence-corrected chi connectivity index (χ1v) is 9.89. The molecule has 0 saturated heterocycles. The topological polar surface area (TPSA) is 150 Å². The molecule has 13 heteroatoms. The van der Waals surface area contributed by atoms with E-state index in [0.29, 0.717) is 24.6 Å². The highest BCUT2D eigenvalue weighted by atomic mass is 35.5. The fraction of sp³-hybridized carbons (Fsp3) is 0.368. The summed E-state index contributed by atoms with van der Waals surface area (Å²) >= 11 is 0. The van der Waals surface area contributed by atoms with Crippen LogP contribution in [0.4, 0.5) is 5.82 Å². The van der Waals surface area contributed by atoms with Gasteiger partial charge in [0.05, 0.1) is 12.8 Å². The van der Waals surface area contributed by atoms with Crippen LogP contribution >= 0.6 is 12.4 Å². The predicted molar refractivity (Wildman–Crippen MR) is 120 cm³/mol. The van der Waals surface area contributed by atoms with Crippen molar-refractivity contribution in [1.29, 1.82) is 0 Å². The summed E-state index contributed by atoms with van der Waals surface area (Å²) in [6.07, 6.45) is 1.51. The Morgan fingerprint density at radius 1 is 1.28 bits per heavy atom. The zero-order valence-corrected chi connectivity index (χ0v) is 18.9. The number of hydrogen-bond donors (Lipinski definition) is 2. The number of aromatic nitrogens is 5. The van der Waals surface area contributed by atoms with Crippen molar-refractivity contribution in [2.75, 3.05) is 25.4 Å². The van der Waals surface area contributed by atoms with Gasteiger partial charge in [-0.3, -0.25) is 9.69 Å². The Bertz CT molecular complexity index is 1050. The second-order valence-corrected chi connectivity index (χ2v) is 6.40. The van der Waals surface area contributed by atoms with Crippen LogP contribution in [-0.2, 0) is 6.54 Å². The van der Waals surface area contributed by atoms with Gasteiger partial charge in [0, 0.05) is 12.1 Å². The molecule has 12 nitrogen and oxygen atoms in total. The van der Waals surface area contributed by atoms with Gasteiger partial charge in [-0.15, -0.1) is 17.5 Å². The van der Waals surface area contributed by atoms with Gasteiger partial charge in [0.2, 0.25) is 11.6 Å². The van der Waals surface area contributed by atoms with Gasteiger partial charge in [-0.1, -0.05) is 31.2 Å². The summed E-state index contributed by atoms with van der Waals surface area (Å²) in [5.41, 5.74) is 9.62. The predicted octanol–water partition coefficient (Wildman–Crippen LogP) is 1.66. The minimum atomic E-state index is -0.528. The van der Waals surface area contributed by atoms with E-state index in [2.05, 4.69) is 40.7 Å². The maximum Gasteiger partial charge on any atom is 0.292 e. The fourth-order valence-electron chi connectivity index (χ4n) is 2.88.